The molecule has 0 rings (SSSR count). The van der Waals surface area contributed by atoms with Crippen LogP contribution in [0.2, 0.25) is 0 Å². The van der Waals surface area contributed by atoms with E-state index in [4.69, 9.17) is 5.11 Å². The summed E-state index contributed by atoms with van der Waals surface area (Å²) in [6.45, 7) is 6.69. The molecule has 2 nitrogen and oxygen atoms in total. The van der Waals surface area contributed by atoms with Gasteiger partial charge in [0.15, 0.2) is 0 Å². The van der Waals surface area contributed by atoms with Crippen molar-refractivity contribution in [1.29, 1.82) is 0 Å². The molecule has 0 radical (unpaired) electrons. The van der Waals surface area contributed by atoms with Crippen molar-refractivity contribution < 1.29 is 10.2 Å². The molecular weight excluding hydrogens is 152 g/mol. The maximum absolute atomic E-state index is 9.29. The van der Waals surface area contributed by atoms with Crippen molar-refractivity contribution in [2.75, 3.05) is 6.61 Å². The van der Waals surface area contributed by atoms with E-state index in [0.717, 1.165) is 19.3 Å². The molecular formula is C10H22O2. The van der Waals surface area contributed by atoms with Crippen LogP contribution in [-0.2, 0) is 0 Å². The molecule has 0 saturated heterocycles. The molecule has 74 valence electrons. The Morgan fingerprint density at radius 2 is 1.75 bits per heavy atom. The van der Waals surface area contributed by atoms with Crippen LogP contribution < -0.4 is 0 Å². The topological polar surface area (TPSA) is 40.5 Å². The first-order valence-electron chi connectivity index (χ1n) is 4.74. The van der Waals surface area contributed by atoms with Gasteiger partial charge < -0.3 is 10.2 Å². The highest BCUT2D eigenvalue weighted by Gasteiger charge is 2.11. The van der Waals surface area contributed by atoms with Crippen LogP contribution in [-0.4, -0.2) is 22.9 Å². The fourth-order valence-electron chi connectivity index (χ4n) is 1.16. The Hall–Kier alpha value is -0.0800. The average molecular weight is 174 g/mol. The third-order valence-electron chi connectivity index (χ3n) is 1.93. The summed E-state index contributed by atoms with van der Waals surface area (Å²) in [5, 5.41) is 17.8. The lowest BCUT2D eigenvalue weighted by atomic mass is 9.89. The van der Waals surface area contributed by atoms with Gasteiger partial charge >= 0.3 is 0 Å². The van der Waals surface area contributed by atoms with Crippen LogP contribution in [0, 0.1) is 5.41 Å². The standard InChI is InChI=1S/C10H22O2/c1-10(2,3)7-4-5-9(12)6-8-11/h9,11-12H,4-8H2,1-3H3/t9-/m1/s1. The summed E-state index contributed by atoms with van der Waals surface area (Å²) in [6.07, 6.45) is 3.21. The van der Waals surface area contributed by atoms with E-state index in [1.807, 2.05) is 0 Å². The first-order chi connectivity index (χ1) is 5.45. The summed E-state index contributed by atoms with van der Waals surface area (Å²) in [7, 11) is 0. The lowest BCUT2D eigenvalue weighted by molar-refractivity contribution is 0.119. The molecule has 0 aromatic heterocycles. The van der Waals surface area contributed by atoms with Crippen molar-refractivity contribution in [2.24, 2.45) is 5.41 Å². The number of hydrogen-bond donors (Lipinski definition) is 2. The second-order valence-electron chi connectivity index (χ2n) is 4.62. The van der Waals surface area contributed by atoms with E-state index in [-0.39, 0.29) is 12.7 Å². The molecule has 0 unspecified atom stereocenters. The largest absolute Gasteiger partial charge is 0.396 e. The first-order valence-corrected chi connectivity index (χ1v) is 4.74. The summed E-state index contributed by atoms with van der Waals surface area (Å²) >= 11 is 0. The second kappa shape index (κ2) is 5.55. The van der Waals surface area contributed by atoms with Crippen LogP contribution in [0.3, 0.4) is 0 Å². The van der Waals surface area contributed by atoms with E-state index < -0.39 is 0 Å². The van der Waals surface area contributed by atoms with Gasteiger partial charge in [0.05, 0.1) is 6.10 Å². The zero-order valence-electron chi connectivity index (χ0n) is 8.51. The van der Waals surface area contributed by atoms with Crippen molar-refractivity contribution in [3.8, 4) is 0 Å². The van der Waals surface area contributed by atoms with Crippen LogP contribution in [0.4, 0.5) is 0 Å². The van der Waals surface area contributed by atoms with E-state index >= 15 is 0 Å². The summed E-state index contributed by atoms with van der Waals surface area (Å²) in [5.41, 5.74) is 0.360. The van der Waals surface area contributed by atoms with Gasteiger partial charge in [-0.2, -0.15) is 0 Å². The Bertz CT molecular complexity index is 105. The van der Waals surface area contributed by atoms with Gasteiger partial charge in [-0.3, -0.25) is 0 Å². The van der Waals surface area contributed by atoms with Crippen LogP contribution in [0.15, 0.2) is 0 Å². The Kier molecular flexibility index (Phi) is 5.51. The molecule has 0 spiro atoms. The number of hydrogen-bond acceptors (Lipinski definition) is 2. The summed E-state index contributed by atoms with van der Waals surface area (Å²) in [5.74, 6) is 0. The molecule has 0 amide bonds. The van der Waals surface area contributed by atoms with Crippen LogP contribution in [0.25, 0.3) is 0 Å². The average Bonchev–Trinajstić information content (AvgIpc) is 1.84. The molecule has 0 bridgehead atoms. The normalized spacial score (nSPS) is 14.8. The van der Waals surface area contributed by atoms with E-state index in [9.17, 15) is 5.11 Å². The highest BCUT2D eigenvalue weighted by molar-refractivity contribution is 4.63. The lowest BCUT2D eigenvalue weighted by Gasteiger charge is -2.18. The SMILES string of the molecule is CC(C)(C)CCC[C@@H](O)CCO. The van der Waals surface area contributed by atoms with Crippen LogP contribution >= 0.6 is 0 Å². The van der Waals surface area contributed by atoms with E-state index in [2.05, 4.69) is 20.8 Å². The monoisotopic (exact) mass is 174 g/mol. The summed E-state index contributed by atoms with van der Waals surface area (Å²) in [4.78, 5) is 0. The van der Waals surface area contributed by atoms with Crippen molar-refractivity contribution in [1.82, 2.24) is 0 Å². The maximum atomic E-state index is 9.29. The van der Waals surface area contributed by atoms with Gasteiger partial charge in [-0.25, -0.2) is 0 Å². The molecule has 0 aliphatic rings. The Morgan fingerprint density at radius 1 is 1.17 bits per heavy atom. The second-order valence-corrected chi connectivity index (χ2v) is 4.62. The Morgan fingerprint density at radius 3 is 2.17 bits per heavy atom. The van der Waals surface area contributed by atoms with Crippen molar-refractivity contribution in [2.45, 2.75) is 52.6 Å². The molecule has 0 heterocycles. The van der Waals surface area contributed by atoms with E-state index in [0.29, 0.717) is 11.8 Å². The predicted octanol–water partition coefficient (Wildman–Crippen LogP) is 1.95. The minimum absolute atomic E-state index is 0.0939. The minimum atomic E-state index is -0.308. The number of aliphatic hydroxyl groups excluding tert-OH is 2. The fourth-order valence-corrected chi connectivity index (χ4v) is 1.16. The predicted molar refractivity (Wildman–Crippen MR) is 51.0 cm³/mol. The van der Waals surface area contributed by atoms with Gasteiger partial charge in [0.2, 0.25) is 0 Å². The molecule has 1 atom stereocenters. The number of aliphatic hydroxyl groups is 2. The quantitative estimate of drug-likeness (QED) is 0.668. The molecule has 2 N–H and O–H groups in total. The van der Waals surface area contributed by atoms with Gasteiger partial charge in [0.25, 0.3) is 0 Å². The molecule has 2 heteroatoms. The summed E-state index contributed by atoms with van der Waals surface area (Å²) < 4.78 is 0. The minimum Gasteiger partial charge on any atom is -0.396 e. The zero-order valence-corrected chi connectivity index (χ0v) is 8.51. The van der Waals surface area contributed by atoms with Gasteiger partial charge in [-0.05, 0) is 24.7 Å². The Balaban J connectivity index is 3.31. The highest BCUT2D eigenvalue weighted by atomic mass is 16.3. The highest BCUT2D eigenvalue weighted by Crippen LogP contribution is 2.22. The van der Waals surface area contributed by atoms with Crippen molar-refractivity contribution >= 4 is 0 Å². The van der Waals surface area contributed by atoms with Crippen molar-refractivity contribution in [3.05, 3.63) is 0 Å². The van der Waals surface area contributed by atoms with Crippen LogP contribution in [0.1, 0.15) is 46.5 Å². The smallest absolute Gasteiger partial charge is 0.0562 e. The molecule has 0 aromatic rings. The maximum Gasteiger partial charge on any atom is 0.0562 e. The van der Waals surface area contributed by atoms with Crippen molar-refractivity contribution in [3.63, 3.8) is 0 Å². The van der Waals surface area contributed by atoms with Gasteiger partial charge in [-0.1, -0.05) is 27.2 Å². The zero-order chi connectivity index (χ0) is 9.61. The molecule has 0 aliphatic heterocycles. The molecule has 12 heavy (non-hydrogen) atoms. The van der Waals surface area contributed by atoms with Gasteiger partial charge in [-0.15, -0.1) is 0 Å². The third kappa shape index (κ3) is 8.02. The molecule has 0 aliphatic carbocycles. The van der Waals surface area contributed by atoms with E-state index in [1.165, 1.54) is 0 Å². The van der Waals surface area contributed by atoms with Gasteiger partial charge in [0.1, 0.15) is 0 Å². The number of rotatable bonds is 5. The van der Waals surface area contributed by atoms with E-state index in [1.54, 1.807) is 0 Å². The molecule has 0 saturated carbocycles. The van der Waals surface area contributed by atoms with Crippen LogP contribution in [0.5, 0.6) is 0 Å². The molecule has 0 aromatic carbocycles. The Labute approximate surface area is 75.6 Å². The first kappa shape index (κ1) is 11.9. The lowest BCUT2D eigenvalue weighted by Crippen LogP contribution is -2.11. The molecule has 0 fully saturated rings. The summed E-state index contributed by atoms with van der Waals surface area (Å²) in [6, 6.07) is 0. The third-order valence-corrected chi connectivity index (χ3v) is 1.93. The fraction of sp³-hybridized carbons (Fsp3) is 1.00. The van der Waals surface area contributed by atoms with Gasteiger partial charge in [0, 0.05) is 6.61 Å².